The van der Waals surface area contributed by atoms with Crippen molar-refractivity contribution < 1.29 is 0 Å². The average Bonchev–Trinajstić information content (AvgIpc) is 3.26. The fourth-order valence-corrected chi connectivity index (χ4v) is 6.44. The third kappa shape index (κ3) is 1.66. The first-order valence-electron chi connectivity index (χ1n) is 8.97. The van der Waals surface area contributed by atoms with E-state index >= 15 is 0 Å². The normalized spacial score (nSPS) is 45.4. The number of hydrogen-bond donors (Lipinski definition) is 0. The third-order valence-electron chi connectivity index (χ3n) is 7.27. The van der Waals surface area contributed by atoms with Gasteiger partial charge in [-0.25, -0.2) is 0 Å². The first-order valence-corrected chi connectivity index (χ1v) is 8.97. The molecule has 6 atom stereocenters. The predicted molar refractivity (Wildman–Crippen MR) is 82.8 cm³/mol. The van der Waals surface area contributed by atoms with E-state index in [-0.39, 0.29) is 0 Å². The fraction of sp³-hybridized carbons (Fsp3) is 0.700. The zero-order chi connectivity index (χ0) is 13.1. The van der Waals surface area contributed by atoms with Crippen LogP contribution >= 0.6 is 0 Å². The molecule has 0 nitrogen and oxygen atoms in total. The maximum absolute atomic E-state index is 2.49. The summed E-state index contributed by atoms with van der Waals surface area (Å²) >= 11 is 0. The van der Waals surface area contributed by atoms with Crippen molar-refractivity contribution in [2.24, 2.45) is 23.7 Å². The smallest absolute Gasteiger partial charge is 0.0128 e. The van der Waals surface area contributed by atoms with Crippen LogP contribution in [0.4, 0.5) is 0 Å². The summed E-state index contributed by atoms with van der Waals surface area (Å²) in [5.74, 6) is 6.03. The molecule has 0 saturated heterocycles. The minimum Gasteiger partial charge on any atom is -0.0620 e. The lowest BCUT2D eigenvalue weighted by atomic mass is 9.75. The van der Waals surface area contributed by atoms with E-state index in [4.69, 9.17) is 0 Å². The summed E-state index contributed by atoms with van der Waals surface area (Å²) in [4.78, 5) is 0. The lowest BCUT2D eigenvalue weighted by Crippen LogP contribution is -2.15. The van der Waals surface area contributed by atoms with Crippen LogP contribution in [0.25, 0.3) is 0 Å². The Morgan fingerprint density at radius 2 is 1.10 bits per heavy atom. The Bertz CT molecular complexity index is 470. The Labute approximate surface area is 123 Å². The molecule has 0 unspecified atom stereocenters. The van der Waals surface area contributed by atoms with Gasteiger partial charge in [-0.2, -0.15) is 0 Å². The van der Waals surface area contributed by atoms with Crippen LogP contribution in [0.3, 0.4) is 0 Å². The number of fused-ring (bicyclic) bond motifs is 4. The third-order valence-corrected chi connectivity index (χ3v) is 7.27. The maximum Gasteiger partial charge on any atom is -0.0128 e. The first-order chi connectivity index (χ1) is 9.88. The first kappa shape index (κ1) is 11.8. The van der Waals surface area contributed by atoms with Gasteiger partial charge in [0.15, 0.2) is 0 Å². The van der Waals surface area contributed by atoms with Crippen LogP contribution in [0, 0.1) is 23.7 Å². The lowest BCUT2D eigenvalue weighted by molar-refractivity contribution is 0.395. The van der Waals surface area contributed by atoms with E-state index in [9.17, 15) is 0 Å². The van der Waals surface area contributed by atoms with Gasteiger partial charge in [-0.05, 0) is 85.2 Å². The minimum atomic E-state index is 0.920. The van der Waals surface area contributed by atoms with Crippen LogP contribution in [0.5, 0.6) is 0 Å². The molecule has 0 spiro atoms. The Hall–Kier alpha value is -0.780. The number of rotatable bonds is 2. The quantitative estimate of drug-likeness (QED) is 0.663. The van der Waals surface area contributed by atoms with Crippen LogP contribution in [0.2, 0.25) is 0 Å². The van der Waals surface area contributed by atoms with Crippen LogP contribution in [-0.4, -0.2) is 0 Å². The molecule has 20 heavy (non-hydrogen) atoms. The van der Waals surface area contributed by atoms with Crippen LogP contribution in [0.15, 0.2) is 24.3 Å². The highest BCUT2D eigenvalue weighted by atomic mass is 14.5. The van der Waals surface area contributed by atoms with Gasteiger partial charge in [0.25, 0.3) is 0 Å². The van der Waals surface area contributed by atoms with Crippen molar-refractivity contribution >= 4 is 0 Å². The molecule has 106 valence electrons. The SMILES string of the molecule is c1ccc([C@H]2C[C@@H]3CC[C@H]2C3)c([C@H]2C[C@@H]3CC[C@H]2C3)c1. The second kappa shape index (κ2) is 4.36. The monoisotopic (exact) mass is 266 g/mol. The molecular formula is C20H26. The molecular weight excluding hydrogens is 240 g/mol. The Morgan fingerprint density at radius 3 is 1.45 bits per heavy atom. The minimum absolute atomic E-state index is 0.920. The second-order valence-electron chi connectivity index (χ2n) is 8.19. The van der Waals surface area contributed by atoms with E-state index in [0.29, 0.717) is 0 Å². The number of hydrogen-bond acceptors (Lipinski definition) is 0. The van der Waals surface area contributed by atoms with Gasteiger partial charge in [0.05, 0.1) is 0 Å². The summed E-state index contributed by atoms with van der Waals surface area (Å²) in [6, 6.07) is 9.59. The molecule has 4 aliphatic carbocycles. The molecule has 5 rings (SSSR count). The van der Waals surface area contributed by atoms with E-state index in [1.807, 2.05) is 0 Å². The highest BCUT2D eigenvalue weighted by Crippen LogP contribution is 2.57. The van der Waals surface area contributed by atoms with Crippen molar-refractivity contribution in [3.8, 4) is 0 Å². The van der Waals surface area contributed by atoms with Gasteiger partial charge in [0, 0.05) is 0 Å². The van der Waals surface area contributed by atoms with Gasteiger partial charge < -0.3 is 0 Å². The largest absolute Gasteiger partial charge is 0.0620 e. The van der Waals surface area contributed by atoms with Gasteiger partial charge in [0.2, 0.25) is 0 Å². The molecule has 0 aliphatic heterocycles. The molecule has 4 bridgehead atoms. The molecule has 1 aromatic carbocycles. The molecule has 4 fully saturated rings. The Balaban J connectivity index is 1.50. The molecule has 0 aromatic heterocycles. The van der Waals surface area contributed by atoms with E-state index in [1.54, 1.807) is 11.1 Å². The summed E-state index contributed by atoms with van der Waals surface area (Å²) in [5, 5.41) is 0. The van der Waals surface area contributed by atoms with Crippen LogP contribution in [0.1, 0.15) is 74.3 Å². The van der Waals surface area contributed by atoms with Crippen LogP contribution in [-0.2, 0) is 0 Å². The van der Waals surface area contributed by atoms with E-state index < -0.39 is 0 Å². The molecule has 0 heterocycles. The molecule has 0 heteroatoms. The van der Waals surface area contributed by atoms with E-state index in [2.05, 4.69) is 24.3 Å². The van der Waals surface area contributed by atoms with Crippen molar-refractivity contribution in [3.05, 3.63) is 35.4 Å². The summed E-state index contributed by atoms with van der Waals surface area (Å²) in [5.41, 5.74) is 3.55. The molecule has 4 saturated carbocycles. The van der Waals surface area contributed by atoms with Crippen molar-refractivity contribution in [1.29, 1.82) is 0 Å². The van der Waals surface area contributed by atoms with Gasteiger partial charge in [-0.1, -0.05) is 37.1 Å². The molecule has 0 amide bonds. The Morgan fingerprint density at radius 1 is 0.600 bits per heavy atom. The topological polar surface area (TPSA) is 0 Å². The van der Waals surface area contributed by atoms with E-state index in [1.165, 1.54) is 51.4 Å². The molecule has 4 aliphatic rings. The maximum atomic E-state index is 2.49. The van der Waals surface area contributed by atoms with Gasteiger partial charge in [-0.3, -0.25) is 0 Å². The van der Waals surface area contributed by atoms with Crippen LogP contribution < -0.4 is 0 Å². The van der Waals surface area contributed by atoms with Crippen molar-refractivity contribution in [1.82, 2.24) is 0 Å². The zero-order valence-corrected chi connectivity index (χ0v) is 12.4. The lowest BCUT2D eigenvalue weighted by Gasteiger charge is -2.30. The highest BCUT2D eigenvalue weighted by molar-refractivity contribution is 5.36. The van der Waals surface area contributed by atoms with Gasteiger partial charge in [-0.15, -0.1) is 0 Å². The molecule has 1 aromatic rings. The van der Waals surface area contributed by atoms with Gasteiger partial charge in [0.1, 0.15) is 0 Å². The summed E-state index contributed by atoms with van der Waals surface area (Å²) in [7, 11) is 0. The molecule has 0 N–H and O–H groups in total. The molecule has 0 radical (unpaired) electrons. The zero-order valence-electron chi connectivity index (χ0n) is 12.4. The number of benzene rings is 1. The van der Waals surface area contributed by atoms with Crippen molar-refractivity contribution in [2.75, 3.05) is 0 Å². The fourth-order valence-electron chi connectivity index (χ4n) is 6.44. The van der Waals surface area contributed by atoms with Crippen molar-refractivity contribution in [2.45, 2.75) is 63.2 Å². The Kier molecular flexibility index (Phi) is 2.58. The van der Waals surface area contributed by atoms with Gasteiger partial charge >= 0.3 is 0 Å². The summed E-state index contributed by atoms with van der Waals surface area (Å²) < 4.78 is 0. The summed E-state index contributed by atoms with van der Waals surface area (Å²) in [6.07, 6.45) is 12.2. The van der Waals surface area contributed by atoms with E-state index in [0.717, 1.165) is 35.5 Å². The second-order valence-corrected chi connectivity index (χ2v) is 8.19. The standard InChI is InChI=1S/C20H26/c1-2-4-18(20-12-14-6-8-16(20)10-14)17(3-1)19-11-13-5-7-15(19)9-13/h1-4,13-16,19-20H,5-12H2/t13-,14-,15+,16+,19+,20+/m1/s1. The average molecular weight is 266 g/mol. The predicted octanol–water partition coefficient (Wildman–Crippen LogP) is 5.49. The highest BCUT2D eigenvalue weighted by Gasteiger charge is 2.44. The van der Waals surface area contributed by atoms with Crippen molar-refractivity contribution in [3.63, 3.8) is 0 Å². The summed E-state index contributed by atoms with van der Waals surface area (Å²) in [6.45, 7) is 0.